The average molecular weight is 277 g/mol. The Morgan fingerprint density at radius 1 is 1.28 bits per heavy atom. The van der Waals surface area contributed by atoms with Crippen molar-refractivity contribution in [1.29, 1.82) is 0 Å². The molecule has 18 heavy (non-hydrogen) atoms. The predicted octanol–water partition coefficient (Wildman–Crippen LogP) is 5.07. The third-order valence-corrected chi connectivity index (χ3v) is 5.60. The van der Waals surface area contributed by atoms with E-state index >= 15 is 0 Å². The zero-order valence-corrected chi connectivity index (χ0v) is 12.2. The Kier molecular flexibility index (Phi) is 3.45. The molecule has 1 heterocycles. The molecule has 0 amide bonds. The standard InChI is InChI=1S/C16H17ClS/c1-11-5-2-3-6-12(11)9-14(17)16-10-13-7-4-8-15(13)18-16/h2-3,5-6,10,14H,4,7-9H2,1H3. The first-order chi connectivity index (χ1) is 8.74. The third-order valence-electron chi connectivity index (χ3n) is 3.73. The molecule has 0 bridgehead atoms. The first-order valence-corrected chi connectivity index (χ1v) is 7.79. The summed E-state index contributed by atoms with van der Waals surface area (Å²) in [5, 5.41) is 0.127. The van der Waals surface area contributed by atoms with E-state index in [1.807, 2.05) is 11.3 Å². The van der Waals surface area contributed by atoms with Gasteiger partial charge in [-0.15, -0.1) is 22.9 Å². The van der Waals surface area contributed by atoms with Crippen LogP contribution in [0.4, 0.5) is 0 Å². The summed E-state index contributed by atoms with van der Waals surface area (Å²) in [6, 6.07) is 10.9. The normalized spacial score (nSPS) is 15.7. The summed E-state index contributed by atoms with van der Waals surface area (Å²) >= 11 is 8.51. The molecule has 1 aliphatic rings. The highest BCUT2D eigenvalue weighted by Crippen LogP contribution is 2.37. The highest BCUT2D eigenvalue weighted by molar-refractivity contribution is 7.12. The van der Waals surface area contributed by atoms with Crippen LogP contribution in [0.5, 0.6) is 0 Å². The maximum Gasteiger partial charge on any atom is 0.0719 e. The fraction of sp³-hybridized carbons (Fsp3) is 0.375. The monoisotopic (exact) mass is 276 g/mol. The molecule has 0 spiro atoms. The number of hydrogen-bond donors (Lipinski definition) is 0. The lowest BCUT2D eigenvalue weighted by atomic mass is 10.0. The van der Waals surface area contributed by atoms with Gasteiger partial charge in [0, 0.05) is 9.75 Å². The van der Waals surface area contributed by atoms with Gasteiger partial charge in [0.2, 0.25) is 0 Å². The molecule has 0 saturated carbocycles. The fourth-order valence-corrected chi connectivity index (χ4v) is 4.24. The second kappa shape index (κ2) is 5.07. The highest BCUT2D eigenvalue weighted by atomic mass is 35.5. The van der Waals surface area contributed by atoms with E-state index in [1.165, 1.54) is 35.3 Å². The van der Waals surface area contributed by atoms with Crippen LogP contribution in [-0.2, 0) is 19.3 Å². The van der Waals surface area contributed by atoms with E-state index < -0.39 is 0 Å². The number of alkyl halides is 1. The Morgan fingerprint density at radius 3 is 2.89 bits per heavy atom. The van der Waals surface area contributed by atoms with Crippen molar-refractivity contribution in [1.82, 2.24) is 0 Å². The van der Waals surface area contributed by atoms with Gasteiger partial charge in [0.05, 0.1) is 5.38 Å². The van der Waals surface area contributed by atoms with Crippen molar-refractivity contribution in [2.24, 2.45) is 0 Å². The minimum atomic E-state index is 0.127. The summed E-state index contributed by atoms with van der Waals surface area (Å²) in [6.45, 7) is 2.16. The number of benzene rings is 1. The molecule has 2 heteroatoms. The fourth-order valence-electron chi connectivity index (χ4n) is 2.64. The Bertz CT molecular complexity index is 534. The number of halogens is 1. The minimum absolute atomic E-state index is 0.127. The summed E-state index contributed by atoms with van der Waals surface area (Å²) in [7, 11) is 0. The van der Waals surface area contributed by atoms with Gasteiger partial charge in [-0.25, -0.2) is 0 Å². The van der Waals surface area contributed by atoms with Gasteiger partial charge >= 0.3 is 0 Å². The molecule has 1 aromatic heterocycles. The molecular formula is C16H17ClS. The van der Waals surface area contributed by atoms with Crippen molar-refractivity contribution in [3.05, 3.63) is 56.8 Å². The molecule has 0 N–H and O–H groups in total. The van der Waals surface area contributed by atoms with E-state index in [1.54, 1.807) is 10.4 Å². The maximum absolute atomic E-state index is 6.59. The molecule has 0 saturated heterocycles. The quantitative estimate of drug-likeness (QED) is 0.687. The number of thiophene rings is 1. The Morgan fingerprint density at radius 2 is 2.11 bits per heavy atom. The van der Waals surface area contributed by atoms with Crippen LogP contribution in [0.15, 0.2) is 30.3 Å². The van der Waals surface area contributed by atoms with Crippen molar-refractivity contribution in [3.8, 4) is 0 Å². The van der Waals surface area contributed by atoms with E-state index in [2.05, 4.69) is 37.3 Å². The van der Waals surface area contributed by atoms with Gasteiger partial charge in [-0.1, -0.05) is 24.3 Å². The molecule has 0 aliphatic heterocycles. The first kappa shape index (κ1) is 12.3. The Hall–Kier alpha value is -0.790. The molecule has 0 radical (unpaired) electrons. The van der Waals surface area contributed by atoms with Crippen LogP contribution in [0.2, 0.25) is 0 Å². The van der Waals surface area contributed by atoms with E-state index in [-0.39, 0.29) is 5.38 Å². The lowest BCUT2D eigenvalue weighted by molar-refractivity contribution is 0.903. The van der Waals surface area contributed by atoms with Crippen molar-refractivity contribution < 1.29 is 0 Å². The van der Waals surface area contributed by atoms with Crippen LogP contribution in [0.3, 0.4) is 0 Å². The largest absolute Gasteiger partial charge is 0.144 e. The van der Waals surface area contributed by atoms with Gasteiger partial charge in [-0.2, -0.15) is 0 Å². The van der Waals surface area contributed by atoms with E-state index in [9.17, 15) is 0 Å². The number of fused-ring (bicyclic) bond motifs is 1. The summed E-state index contributed by atoms with van der Waals surface area (Å²) < 4.78 is 0. The molecule has 2 aromatic rings. The topological polar surface area (TPSA) is 0 Å². The molecular weight excluding hydrogens is 260 g/mol. The predicted molar refractivity (Wildman–Crippen MR) is 79.8 cm³/mol. The van der Waals surface area contributed by atoms with Gasteiger partial charge < -0.3 is 0 Å². The van der Waals surface area contributed by atoms with Gasteiger partial charge in [-0.3, -0.25) is 0 Å². The van der Waals surface area contributed by atoms with Crippen molar-refractivity contribution in [2.75, 3.05) is 0 Å². The van der Waals surface area contributed by atoms with Crippen molar-refractivity contribution >= 4 is 22.9 Å². The molecule has 0 fully saturated rings. The molecule has 0 nitrogen and oxygen atoms in total. The van der Waals surface area contributed by atoms with Crippen molar-refractivity contribution in [3.63, 3.8) is 0 Å². The van der Waals surface area contributed by atoms with Crippen LogP contribution >= 0.6 is 22.9 Å². The van der Waals surface area contributed by atoms with E-state index in [0.29, 0.717) is 0 Å². The molecule has 94 valence electrons. The highest BCUT2D eigenvalue weighted by Gasteiger charge is 2.19. The van der Waals surface area contributed by atoms with Crippen LogP contribution in [0.25, 0.3) is 0 Å². The SMILES string of the molecule is Cc1ccccc1CC(Cl)c1cc2c(s1)CCC2. The van der Waals surface area contributed by atoms with Gasteiger partial charge in [0.1, 0.15) is 0 Å². The van der Waals surface area contributed by atoms with Gasteiger partial charge in [0.25, 0.3) is 0 Å². The average Bonchev–Trinajstić information content (AvgIpc) is 2.92. The number of hydrogen-bond acceptors (Lipinski definition) is 1. The molecule has 1 aliphatic carbocycles. The second-order valence-corrected chi connectivity index (χ2v) is 6.74. The van der Waals surface area contributed by atoms with Gasteiger partial charge in [-0.05, 0) is 55.4 Å². The molecule has 1 aromatic carbocycles. The summed E-state index contributed by atoms with van der Waals surface area (Å²) in [6.07, 6.45) is 4.77. The maximum atomic E-state index is 6.59. The summed E-state index contributed by atoms with van der Waals surface area (Å²) in [5.41, 5.74) is 4.25. The van der Waals surface area contributed by atoms with Crippen LogP contribution < -0.4 is 0 Å². The number of aryl methyl sites for hydroxylation is 3. The molecule has 1 unspecified atom stereocenters. The van der Waals surface area contributed by atoms with Crippen LogP contribution in [0, 0.1) is 6.92 Å². The Labute approximate surface area is 118 Å². The summed E-state index contributed by atoms with van der Waals surface area (Å²) in [4.78, 5) is 2.92. The van der Waals surface area contributed by atoms with E-state index in [0.717, 1.165) is 6.42 Å². The van der Waals surface area contributed by atoms with Crippen molar-refractivity contribution in [2.45, 2.75) is 38.0 Å². The first-order valence-electron chi connectivity index (χ1n) is 6.54. The Balaban J connectivity index is 1.78. The third kappa shape index (κ3) is 2.34. The molecule has 1 atom stereocenters. The van der Waals surface area contributed by atoms with Crippen LogP contribution in [0.1, 0.15) is 38.2 Å². The summed E-state index contributed by atoms with van der Waals surface area (Å²) in [5.74, 6) is 0. The van der Waals surface area contributed by atoms with Gasteiger partial charge in [0.15, 0.2) is 0 Å². The van der Waals surface area contributed by atoms with Crippen LogP contribution in [-0.4, -0.2) is 0 Å². The zero-order chi connectivity index (χ0) is 12.5. The van der Waals surface area contributed by atoms with E-state index in [4.69, 9.17) is 11.6 Å². The second-order valence-electron chi connectivity index (χ2n) is 5.05. The minimum Gasteiger partial charge on any atom is -0.144 e. The molecule has 3 rings (SSSR count). The smallest absolute Gasteiger partial charge is 0.0719 e. The number of rotatable bonds is 3. The lowest BCUT2D eigenvalue weighted by Crippen LogP contribution is -1.96. The lowest BCUT2D eigenvalue weighted by Gasteiger charge is -2.10. The zero-order valence-electron chi connectivity index (χ0n) is 10.6.